The number of anilines is 2. The number of nitrogens with one attached hydrogen (secondary N) is 1. The minimum absolute atomic E-state index is 0.000111. The van der Waals surface area contributed by atoms with Gasteiger partial charge in [-0.25, -0.2) is 9.97 Å². The molecule has 0 spiro atoms. The molecular weight excluding hydrogens is 370 g/mol. The van der Waals surface area contributed by atoms with Gasteiger partial charge in [-0.05, 0) is 38.0 Å². The fraction of sp³-hybridized carbons (Fsp3) is 0.476. The van der Waals surface area contributed by atoms with Gasteiger partial charge in [0, 0.05) is 37.5 Å². The molecule has 2 heterocycles. The highest BCUT2D eigenvalue weighted by Crippen LogP contribution is 2.40. The van der Waals surface area contributed by atoms with E-state index in [9.17, 15) is 0 Å². The third-order valence-electron chi connectivity index (χ3n) is 5.34. The summed E-state index contributed by atoms with van der Waals surface area (Å²) in [5, 5.41) is 8.68. The lowest BCUT2D eigenvalue weighted by Gasteiger charge is -2.33. The summed E-state index contributed by atoms with van der Waals surface area (Å²) in [6.45, 7) is 4.64. The molecule has 2 fully saturated rings. The van der Waals surface area contributed by atoms with Gasteiger partial charge in [0.15, 0.2) is 0 Å². The third-order valence-corrected chi connectivity index (χ3v) is 5.34. The van der Waals surface area contributed by atoms with Crippen molar-refractivity contribution in [2.45, 2.75) is 31.5 Å². The van der Waals surface area contributed by atoms with Gasteiger partial charge in [-0.2, -0.15) is 0 Å². The SMILES string of the molecule is COC[C@@H]1CN(c2cc(C(=N)c3cc(OC4(C)CC4)ccc3N)ncn2)CCO1. The van der Waals surface area contributed by atoms with Crippen LogP contribution < -0.4 is 15.4 Å². The van der Waals surface area contributed by atoms with Crippen LogP contribution in [-0.4, -0.2) is 60.8 Å². The number of ether oxygens (including phenoxy) is 3. The summed E-state index contributed by atoms with van der Waals surface area (Å²) in [4.78, 5) is 10.8. The van der Waals surface area contributed by atoms with Crippen molar-refractivity contribution < 1.29 is 14.2 Å². The molecule has 1 saturated heterocycles. The van der Waals surface area contributed by atoms with Crippen molar-refractivity contribution in [3.05, 3.63) is 41.9 Å². The van der Waals surface area contributed by atoms with Gasteiger partial charge in [-0.1, -0.05) is 0 Å². The number of nitrogens with zero attached hydrogens (tertiary/aromatic N) is 3. The highest BCUT2D eigenvalue weighted by atomic mass is 16.5. The van der Waals surface area contributed by atoms with Crippen LogP contribution in [0.25, 0.3) is 0 Å². The predicted octanol–water partition coefficient (Wildman–Crippen LogP) is 2.26. The Hall–Kier alpha value is -2.71. The number of rotatable bonds is 7. The molecule has 1 aromatic heterocycles. The monoisotopic (exact) mass is 397 g/mol. The number of benzene rings is 1. The number of nitrogens with two attached hydrogens (primary N) is 1. The van der Waals surface area contributed by atoms with Crippen molar-refractivity contribution in [3.8, 4) is 5.75 Å². The van der Waals surface area contributed by atoms with Crippen molar-refractivity contribution in [1.82, 2.24) is 9.97 Å². The van der Waals surface area contributed by atoms with Crippen LogP contribution in [0, 0.1) is 5.41 Å². The van der Waals surface area contributed by atoms with Gasteiger partial charge in [0.1, 0.15) is 23.5 Å². The van der Waals surface area contributed by atoms with Crippen LogP contribution in [-0.2, 0) is 9.47 Å². The molecule has 1 aliphatic heterocycles. The summed E-state index contributed by atoms with van der Waals surface area (Å²) in [5.74, 6) is 1.49. The van der Waals surface area contributed by atoms with Gasteiger partial charge >= 0.3 is 0 Å². The Kier molecular flexibility index (Phi) is 5.38. The van der Waals surface area contributed by atoms with Crippen LogP contribution >= 0.6 is 0 Å². The quantitative estimate of drug-likeness (QED) is 0.545. The molecule has 154 valence electrons. The molecule has 1 atom stereocenters. The summed E-state index contributed by atoms with van der Waals surface area (Å²) in [6, 6.07) is 7.29. The van der Waals surface area contributed by atoms with E-state index in [0.717, 1.165) is 31.0 Å². The van der Waals surface area contributed by atoms with Gasteiger partial charge in [0.05, 0.1) is 30.7 Å². The zero-order valence-electron chi connectivity index (χ0n) is 16.9. The number of aromatic nitrogens is 2. The van der Waals surface area contributed by atoms with Crippen LogP contribution in [0.5, 0.6) is 5.75 Å². The standard InChI is InChI=1S/C21H27N5O3/c1-21(5-6-21)29-14-3-4-17(22)16(9-14)20(23)18-10-19(25-13-24-18)26-7-8-28-15(11-26)12-27-2/h3-4,9-10,13,15,23H,5-8,11-12,22H2,1-2H3/t15-/m0/s1. The Labute approximate surface area is 170 Å². The first kappa shape index (κ1) is 19.6. The van der Waals surface area contributed by atoms with E-state index in [-0.39, 0.29) is 17.4 Å². The van der Waals surface area contributed by atoms with E-state index in [1.165, 1.54) is 6.33 Å². The highest BCUT2D eigenvalue weighted by molar-refractivity contribution is 6.13. The minimum atomic E-state index is -0.0905. The first-order valence-electron chi connectivity index (χ1n) is 9.83. The zero-order valence-corrected chi connectivity index (χ0v) is 16.9. The van der Waals surface area contributed by atoms with E-state index < -0.39 is 0 Å². The summed E-state index contributed by atoms with van der Waals surface area (Å²) in [5.41, 5.74) is 7.97. The molecule has 8 heteroatoms. The third kappa shape index (κ3) is 4.49. The molecule has 4 rings (SSSR count). The maximum atomic E-state index is 8.68. The van der Waals surface area contributed by atoms with Crippen LogP contribution in [0.15, 0.2) is 30.6 Å². The lowest BCUT2D eigenvalue weighted by atomic mass is 10.0. The average molecular weight is 397 g/mol. The van der Waals surface area contributed by atoms with Crippen LogP contribution in [0.3, 0.4) is 0 Å². The second-order valence-corrected chi connectivity index (χ2v) is 7.83. The van der Waals surface area contributed by atoms with Gasteiger partial charge in [-0.3, -0.25) is 5.41 Å². The number of morpholine rings is 1. The maximum absolute atomic E-state index is 8.68. The Morgan fingerprint density at radius 3 is 2.93 bits per heavy atom. The van der Waals surface area contributed by atoms with Crippen molar-refractivity contribution in [3.63, 3.8) is 0 Å². The molecule has 1 saturated carbocycles. The fourth-order valence-corrected chi connectivity index (χ4v) is 3.39. The lowest BCUT2D eigenvalue weighted by molar-refractivity contribution is -0.0102. The fourth-order valence-electron chi connectivity index (χ4n) is 3.39. The summed E-state index contributed by atoms with van der Waals surface area (Å²) >= 11 is 0. The molecule has 1 aromatic carbocycles. The minimum Gasteiger partial charge on any atom is -0.488 e. The Balaban J connectivity index is 1.55. The molecule has 3 N–H and O–H groups in total. The van der Waals surface area contributed by atoms with E-state index in [1.807, 2.05) is 18.2 Å². The summed E-state index contributed by atoms with van der Waals surface area (Å²) in [6.07, 6.45) is 3.58. The molecule has 1 aliphatic carbocycles. The van der Waals surface area contributed by atoms with Gasteiger partial charge in [0.25, 0.3) is 0 Å². The molecule has 29 heavy (non-hydrogen) atoms. The largest absolute Gasteiger partial charge is 0.488 e. The highest BCUT2D eigenvalue weighted by Gasteiger charge is 2.40. The normalized spacial score (nSPS) is 20.3. The number of nitrogen functional groups attached to an aromatic ring is 1. The van der Waals surface area contributed by atoms with E-state index in [1.54, 1.807) is 13.2 Å². The van der Waals surface area contributed by atoms with Crippen LogP contribution in [0.4, 0.5) is 11.5 Å². The Bertz CT molecular complexity index is 898. The molecule has 0 unspecified atom stereocenters. The molecule has 2 aliphatic rings. The van der Waals surface area contributed by atoms with Crippen molar-refractivity contribution in [2.75, 3.05) is 44.0 Å². The predicted molar refractivity (Wildman–Crippen MR) is 111 cm³/mol. The van der Waals surface area contributed by atoms with Gasteiger partial charge in [0.2, 0.25) is 0 Å². The van der Waals surface area contributed by atoms with Gasteiger partial charge < -0.3 is 24.8 Å². The first-order valence-corrected chi connectivity index (χ1v) is 9.83. The number of hydrogen-bond acceptors (Lipinski definition) is 8. The molecule has 0 bridgehead atoms. The second kappa shape index (κ2) is 7.96. The summed E-state index contributed by atoms with van der Waals surface area (Å²) < 4.78 is 16.9. The molecular formula is C21H27N5O3. The number of hydrogen-bond donors (Lipinski definition) is 2. The van der Waals surface area contributed by atoms with Gasteiger partial charge in [-0.15, -0.1) is 0 Å². The van der Waals surface area contributed by atoms with E-state index in [4.69, 9.17) is 25.4 Å². The van der Waals surface area contributed by atoms with Crippen LogP contribution in [0.1, 0.15) is 31.0 Å². The average Bonchev–Trinajstić information content (AvgIpc) is 3.46. The van der Waals surface area contributed by atoms with Crippen LogP contribution in [0.2, 0.25) is 0 Å². The van der Waals surface area contributed by atoms with Crippen molar-refractivity contribution >= 4 is 17.2 Å². The number of methoxy groups -OCH3 is 1. The van der Waals surface area contributed by atoms with Crippen molar-refractivity contribution in [2.24, 2.45) is 0 Å². The lowest BCUT2D eigenvalue weighted by Crippen LogP contribution is -2.44. The van der Waals surface area contributed by atoms with E-state index in [0.29, 0.717) is 36.7 Å². The summed E-state index contributed by atoms with van der Waals surface area (Å²) in [7, 11) is 1.66. The van der Waals surface area contributed by atoms with E-state index >= 15 is 0 Å². The molecule has 2 aromatic rings. The van der Waals surface area contributed by atoms with E-state index in [2.05, 4.69) is 21.8 Å². The topological polar surface area (TPSA) is 107 Å². The zero-order chi connectivity index (χ0) is 20.4. The smallest absolute Gasteiger partial charge is 0.132 e. The molecule has 0 amide bonds. The maximum Gasteiger partial charge on any atom is 0.132 e. The Morgan fingerprint density at radius 2 is 2.17 bits per heavy atom. The first-order chi connectivity index (χ1) is 14.0. The molecule has 8 nitrogen and oxygen atoms in total. The Morgan fingerprint density at radius 1 is 1.34 bits per heavy atom. The molecule has 0 radical (unpaired) electrons. The van der Waals surface area contributed by atoms with Crippen molar-refractivity contribution in [1.29, 1.82) is 5.41 Å². The second-order valence-electron chi connectivity index (χ2n) is 7.83.